The van der Waals surface area contributed by atoms with Gasteiger partial charge >= 0.3 is 0 Å². The molecule has 0 atom stereocenters. The summed E-state index contributed by atoms with van der Waals surface area (Å²) in [4.78, 5) is 16.7. The number of rotatable bonds is 6. The molecule has 0 unspecified atom stereocenters. The molecule has 2 aromatic carbocycles. The van der Waals surface area contributed by atoms with Crippen LogP contribution < -0.4 is 15.5 Å². The maximum absolute atomic E-state index is 12.4. The molecule has 1 fully saturated rings. The lowest BCUT2D eigenvalue weighted by molar-refractivity contribution is 0.588. The van der Waals surface area contributed by atoms with E-state index >= 15 is 0 Å². The Morgan fingerprint density at radius 2 is 1.66 bits per heavy atom. The van der Waals surface area contributed by atoms with Crippen molar-refractivity contribution in [2.45, 2.75) is 26.7 Å². The predicted molar refractivity (Wildman–Crippen MR) is 147 cm³/mol. The predicted octanol–water partition coefficient (Wildman–Crippen LogP) is 5.66. The summed E-state index contributed by atoms with van der Waals surface area (Å²) in [7, 11) is -2.30. The summed E-state index contributed by atoms with van der Waals surface area (Å²) < 4.78 is 14.4. The van der Waals surface area contributed by atoms with E-state index in [1.807, 2.05) is 35.0 Å². The van der Waals surface area contributed by atoms with Crippen molar-refractivity contribution in [1.82, 2.24) is 19.5 Å². The Bertz CT molecular complexity index is 1420. The van der Waals surface area contributed by atoms with Crippen LogP contribution in [-0.4, -0.2) is 45.9 Å². The molecule has 2 aromatic heterocycles. The van der Waals surface area contributed by atoms with Crippen LogP contribution in [0.1, 0.15) is 29.5 Å². The molecule has 0 spiro atoms. The van der Waals surface area contributed by atoms with E-state index in [9.17, 15) is 4.57 Å². The van der Waals surface area contributed by atoms with Crippen molar-refractivity contribution < 1.29 is 4.57 Å². The van der Waals surface area contributed by atoms with E-state index in [0.29, 0.717) is 17.3 Å². The number of aryl methyl sites for hydroxylation is 2. The zero-order valence-corrected chi connectivity index (χ0v) is 21.6. The Morgan fingerprint density at radius 3 is 2.31 bits per heavy atom. The summed E-state index contributed by atoms with van der Waals surface area (Å²) in [5.41, 5.74) is 6.00. The third-order valence-electron chi connectivity index (χ3n) is 6.49. The Labute approximate surface area is 206 Å². The molecule has 1 aliphatic rings. The number of hydrogen-bond donors (Lipinski definition) is 1. The van der Waals surface area contributed by atoms with Gasteiger partial charge in [-0.05, 0) is 87.1 Å². The molecule has 5 rings (SSSR count). The third-order valence-corrected chi connectivity index (χ3v) is 8.04. The van der Waals surface area contributed by atoms with Gasteiger partial charge in [-0.1, -0.05) is 18.2 Å². The molecular formula is C27H31N6OP. The fraction of sp³-hybridized carbons (Fsp3) is 0.296. The van der Waals surface area contributed by atoms with Gasteiger partial charge in [-0.15, -0.1) is 0 Å². The van der Waals surface area contributed by atoms with Gasteiger partial charge in [-0.25, -0.2) is 4.98 Å². The second-order valence-electron chi connectivity index (χ2n) is 9.53. The summed E-state index contributed by atoms with van der Waals surface area (Å²) in [5, 5.41) is 4.28. The van der Waals surface area contributed by atoms with Gasteiger partial charge in [0.2, 0.25) is 5.95 Å². The quantitative estimate of drug-likeness (QED) is 0.354. The van der Waals surface area contributed by atoms with E-state index in [0.717, 1.165) is 42.6 Å². The summed E-state index contributed by atoms with van der Waals surface area (Å²) in [5.74, 6) is 1.38. The van der Waals surface area contributed by atoms with Crippen molar-refractivity contribution in [2.24, 2.45) is 0 Å². The van der Waals surface area contributed by atoms with Gasteiger partial charge in [0.15, 0.2) is 17.0 Å². The van der Waals surface area contributed by atoms with Crippen LogP contribution in [0.4, 0.5) is 17.5 Å². The number of hydrogen-bond acceptors (Lipinski definition) is 6. The van der Waals surface area contributed by atoms with Crippen LogP contribution in [0.2, 0.25) is 0 Å². The molecular weight excluding hydrogens is 455 g/mol. The highest BCUT2D eigenvalue weighted by atomic mass is 31.2. The molecule has 35 heavy (non-hydrogen) atoms. The summed E-state index contributed by atoms with van der Waals surface area (Å²) in [6, 6.07) is 14.0. The SMILES string of the molecule is Cc1cccc(C)c1C=Cn1cnc2c(Nc3ccc(P(C)(C)=O)cc3)nc(N3CCCC3)nc21. The first-order valence-electron chi connectivity index (χ1n) is 12.0. The fourth-order valence-electron chi connectivity index (χ4n) is 4.45. The minimum atomic E-state index is -2.30. The van der Waals surface area contributed by atoms with Crippen LogP contribution >= 0.6 is 7.14 Å². The highest BCUT2D eigenvalue weighted by Gasteiger charge is 2.20. The van der Waals surface area contributed by atoms with Gasteiger partial charge in [0, 0.05) is 30.3 Å². The van der Waals surface area contributed by atoms with Crippen LogP contribution in [0.3, 0.4) is 0 Å². The van der Waals surface area contributed by atoms with Crippen LogP contribution in [0.15, 0.2) is 48.8 Å². The Balaban J connectivity index is 1.55. The Morgan fingerprint density at radius 1 is 0.971 bits per heavy atom. The molecule has 0 radical (unpaired) electrons. The molecule has 8 heteroatoms. The molecule has 1 aliphatic heterocycles. The fourth-order valence-corrected chi connectivity index (χ4v) is 5.31. The molecule has 0 aliphatic carbocycles. The van der Waals surface area contributed by atoms with E-state index in [1.165, 1.54) is 16.7 Å². The summed E-state index contributed by atoms with van der Waals surface area (Å²) in [6.07, 6.45) is 8.21. The van der Waals surface area contributed by atoms with Gasteiger partial charge in [-0.3, -0.25) is 4.57 Å². The van der Waals surface area contributed by atoms with Crippen molar-refractivity contribution in [3.05, 3.63) is 65.5 Å². The van der Waals surface area contributed by atoms with E-state index in [1.54, 1.807) is 19.7 Å². The number of anilines is 3. The lowest BCUT2D eigenvalue weighted by Gasteiger charge is -2.17. The van der Waals surface area contributed by atoms with Crippen molar-refractivity contribution in [2.75, 3.05) is 36.6 Å². The first kappa shape index (κ1) is 23.3. The molecule has 4 aromatic rings. The summed E-state index contributed by atoms with van der Waals surface area (Å²) >= 11 is 0. The number of benzene rings is 2. The van der Waals surface area contributed by atoms with Gasteiger partial charge in [-0.2, -0.15) is 9.97 Å². The first-order chi connectivity index (χ1) is 16.8. The second kappa shape index (κ2) is 9.31. The van der Waals surface area contributed by atoms with Gasteiger partial charge in [0.1, 0.15) is 13.5 Å². The van der Waals surface area contributed by atoms with E-state index < -0.39 is 7.14 Å². The number of nitrogens with one attached hydrogen (secondary N) is 1. The zero-order valence-electron chi connectivity index (χ0n) is 20.7. The van der Waals surface area contributed by atoms with Crippen molar-refractivity contribution in [3.8, 4) is 0 Å². The second-order valence-corrected chi connectivity index (χ2v) is 12.8. The van der Waals surface area contributed by atoms with E-state index in [2.05, 4.69) is 53.3 Å². The normalized spacial score (nSPS) is 14.3. The number of fused-ring (bicyclic) bond motifs is 1. The highest BCUT2D eigenvalue weighted by Crippen LogP contribution is 2.35. The first-order valence-corrected chi connectivity index (χ1v) is 14.6. The minimum Gasteiger partial charge on any atom is -0.341 e. The molecule has 1 saturated heterocycles. The topological polar surface area (TPSA) is 75.9 Å². The van der Waals surface area contributed by atoms with E-state index in [4.69, 9.17) is 9.97 Å². The minimum absolute atomic E-state index is 0.667. The lowest BCUT2D eigenvalue weighted by Crippen LogP contribution is -2.21. The molecule has 1 N–H and O–H groups in total. The van der Waals surface area contributed by atoms with Gasteiger partial charge in [0.05, 0.1) is 0 Å². The molecule has 7 nitrogen and oxygen atoms in total. The van der Waals surface area contributed by atoms with Crippen molar-refractivity contribution >= 4 is 53.3 Å². The van der Waals surface area contributed by atoms with Crippen LogP contribution in [0, 0.1) is 13.8 Å². The Kier molecular flexibility index (Phi) is 6.20. The number of nitrogens with zero attached hydrogens (tertiary/aromatic N) is 5. The lowest BCUT2D eigenvalue weighted by atomic mass is 10.0. The van der Waals surface area contributed by atoms with E-state index in [-0.39, 0.29) is 0 Å². The average molecular weight is 487 g/mol. The Hall–Kier alpha value is -3.44. The average Bonchev–Trinajstić information content (AvgIpc) is 3.49. The van der Waals surface area contributed by atoms with Gasteiger partial charge in [0.25, 0.3) is 0 Å². The molecule has 3 heterocycles. The highest BCUT2D eigenvalue weighted by molar-refractivity contribution is 7.70. The van der Waals surface area contributed by atoms with Crippen LogP contribution in [0.25, 0.3) is 23.4 Å². The zero-order chi connectivity index (χ0) is 24.6. The maximum atomic E-state index is 12.4. The largest absolute Gasteiger partial charge is 0.341 e. The standard InChI is InChI=1S/C27H31N6OP/c1-19-8-7-9-20(2)23(19)14-17-33-18-28-24-25(29-21-10-12-22(13-11-21)35(3,4)34)30-27(31-26(24)33)32-15-5-6-16-32/h7-14,17-18H,5-6,15-16H2,1-4H3,(H,29,30,31). The van der Waals surface area contributed by atoms with Crippen molar-refractivity contribution in [3.63, 3.8) is 0 Å². The molecule has 0 bridgehead atoms. The monoisotopic (exact) mass is 486 g/mol. The smallest absolute Gasteiger partial charge is 0.229 e. The van der Waals surface area contributed by atoms with Gasteiger partial charge < -0.3 is 14.8 Å². The molecule has 0 amide bonds. The van der Waals surface area contributed by atoms with Crippen LogP contribution in [0.5, 0.6) is 0 Å². The number of imidazole rings is 1. The molecule has 180 valence electrons. The number of aromatic nitrogens is 4. The third kappa shape index (κ3) is 4.87. The summed E-state index contributed by atoms with van der Waals surface area (Å²) in [6.45, 7) is 9.71. The molecule has 0 saturated carbocycles. The van der Waals surface area contributed by atoms with Crippen molar-refractivity contribution in [1.29, 1.82) is 0 Å². The maximum Gasteiger partial charge on any atom is 0.229 e. The van der Waals surface area contributed by atoms with Crippen LogP contribution in [-0.2, 0) is 4.57 Å².